The largest absolute Gasteiger partial charge is 0.503 e. The van der Waals surface area contributed by atoms with E-state index in [1.165, 1.54) is 4.90 Å². The summed E-state index contributed by atoms with van der Waals surface area (Å²) in [6.07, 6.45) is 2.31. The number of carbonyl (C=O) groups is 2. The number of ketones is 1. The molecule has 0 bridgehead atoms. The van der Waals surface area contributed by atoms with Gasteiger partial charge >= 0.3 is 0 Å². The molecule has 1 aromatic heterocycles. The standard InChI is InChI=1S/C25H23NO5/c1-3-12-26-22(17-9-7-10-18(14-17)30-13-4-2)21(24(28)25(26)29)23(27)20-15-16-8-5-6-11-19(16)31-20/h4-11,14-15,22,28H,2-3,12-13H2,1H3. The summed E-state index contributed by atoms with van der Waals surface area (Å²) in [5.74, 6) is -0.950. The molecular formula is C25H23NO5. The van der Waals surface area contributed by atoms with Crippen LogP contribution in [0.15, 0.2) is 83.0 Å². The van der Waals surface area contributed by atoms with E-state index in [9.17, 15) is 14.7 Å². The Labute approximate surface area is 180 Å². The van der Waals surface area contributed by atoms with Gasteiger partial charge in [-0.2, -0.15) is 0 Å². The first-order chi connectivity index (χ1) is 15.0. The van der Waals surface area contributed by atoms with Crippen molar-refractivity contribution >= 4 is 22.7 Å². The predicted octanol–water partition coefficient (Wildman–Crippen LogP) is 4.99. The first-order valence-corrected chi connectivity index (χ1v) is 10.2. The van der Waals surface area contributed by atoms with Gasteiger partial charge in [-0.05, 0) is 36.2 Å². The summed E-state index contributed by atoms with van der Waals surface area (Å²) in [6, 6.07) is 15.3. The second-order valence-corrected chi connectivity index (χ2v) is 7.31. The van der Waals surface area contributed by atoms with E-state index in [2.05, 4.69) is 6.58 Å². The molecular weight excluding hydrogens is 394 g/mol. The van der Waals surface area contributed by atoms with E-state index in [-0.39, 0.29) is 11.3 Å². The van der Waals surface area contributed by atoms with Crippen molar-refractivity contribution in [1.29, 1.82) is 0 Å². The van der Waals surface area contributed by atoms with Gasteiger partial charge < -0.3 is 19.2 Å². The molecule has 0 saturated heterocycles. The van der Waals surface area contributed by atoms with Gasteiger partial charge in [-0.25, -0.2) is 0 Å². The van der Waals surface area contributed by atoms with Crippen molar-refractivity contribution in [3.8, 4) is 5.75 Å². The van der Waals surface area contributed by atoms with Crippen LogP contribution in [0.4, 0.5) is 0 Å². The third-order valence-corrected chi connectivity index (χ3v) is 5.20. The Bertz CT molecular complexity index is 1160. The maximum atomic E-state index is 13.4. The second-order valence-electron chi connectivity index (χ2n) is 7.31. The van der Waals surface area contributed by atoms with E-state index in [0.29, 0.717) is 36.5 Å². The second kappa shape index (κ2) is 8.52. The lowest BCUT2D eigenvalue weighted by molar-refractivity contribution is -0.129. The topological polar surface area (TPSA) is 80.0 Å². The minimum Gasteiger partial charge on any atom is -0.503 e. The lowest BCUT2D eigenvalue weighted by atomic mass is 9.94. The molecule has 0 saturated carbocycles. The Morgan fingerprint density at radius 1 is 1.23 bits per heavy atom. The number of carbonyl (C=O) groups excluding carboxylic acids is 2. The highest BCUT2D eigenvalue weighted by atomic mass is 16.5. The monoisotopic (exact) mass is 417 g/mol. The molecule has 1 N–H and O–H groups in total. The zero-order valence-corrected chi connectivity index (χ0v) is 17.2. The summed E-state index contributed by atoms with van der Waals surface area (Å²) in [7, 11) is 0. The van der Waals surface area contributed by atoms with E-state index in [1.807, 2.05) is 31.2 Å². The highest BCUT2D eigenvalue weighted by Crippen LogP contribution is 2.40. The highest BCUT2D eigenvalue weighted by Gasteiger charge is 2.44. The Hall–Kier alpha value is -3.80. The molecule has 6 nitrogen and oxygen atoms in total. The van der Waals surface area contributed by atoms with Crippen LogP contribution in [0, 0.1) is 0 Å². The molecule has 31 heavy (non-hydrogen) atoms. The smallest absolute Gasteiger partial charge is 0.290 e. The molecule has 0 radical (unpaired) electrons. The van der Waals surface area contributed by atoms with Crippen molar-refractivity contribution in [3.63, 3.8) is 0 Å². The van der Waals surface area contributed by atoms with Gasteiger partial charge in [0, 0.05) is 11.9 Å². The molecule has 1 aliphatic heterocycles. The molecule has 1 aliphatic rings. The Kier molecular flexibility index (Phi) is 5.62. The number of aliphatic hydroxyl groups excluding tert-OH is 1. The summed E-state index contributed by atoms with van der Waals surface area (Å²) in [4.78, 5) is 27.8. The summed E-state index contributed by atoms with van der Waals surface area (Å²) >= 11 is 0. The quantitative estimate of drug-likeness (QED) is 0.413. The molecule has 0 spiro atoms. The fourth-order valence-corrected chi connectivity index (χ4v) is 3.86. The summed E-state index contributed by atoms with van der Waals surface area (Å²) in [5.41, 5.74) is 1.25. The molecule has 1 amide bonds. The van der Waals surface area contributed by atoms with Gasteiger partial charge in [0.1, 0.15) is 17.9 Å². The number of hydrogen-bond acceptors (Lipinski definition) is 5. The van der Waals surface area contributed by atoms with Crippen molar-refractivity contribution in [3.05, 3.63) is 89.9 Å². The third-order valence-electron chi connectivity index (χ3n) is 5.20. The molecule has 2 heterocycles. The SMILES string of the molecule is C=CCOc1cccc(C2C(C(=O)c3cc4ccccc4o3)=C(O)C(=O)N2CCC)c1. The number of ether oxygens (including phenoxy) is 1. The number of fused-ring (bicyclic) bond motifs is 1. The molecule has 3 aromatic rings. The van der Waals surface area contributed by atoms with Crippen molar-refractivity contribution < 1.29 is 23.8 Å². The van der Waals surface area contributed by atoms with E-state index in [0.717, 1.165) is 5.39 Å². The molecule has 1 atom stereocenters. The van der Waals surface area contributed by atoms with Gasteiger partial charge in [-0.3, -0.25) is 9.59 Å². The van der Waals surface area contributed by atoms with Crippen molar-refractivity contribution in [2.24, 2.45) is 0 Å². The maximum Gasteiger partial charge on any atom is 0.290 e. The summed E-state index contributed by atoms with van der Waals surface area (Å²) < 4.78 is 11.3. The van der Waals surface area contributed by atoms with Crippen LogP contribution >= 0.6 is 0 Å². The maximum absolute atomic E-state index is 13.4. The normalized spacial score (nSPS) is 16.2. The van der Waals surface area contributed by atoms with Gasteiger partial charge in [0.15, 0.2) is 11.5 Å². The van der Waals surface area contributed by atoms with E-state index in [4.69, 9.17) is 9.15 Å². The van der Waals surface area contributed by atoms with Crippen LogP contribution in [0.2, 0.25) is 0 Å². The average molecular weight is 417 g/mol. The number of rotatable bonds is 8. The highest BCUT2D eigenvalue weighted by molar-refractivity contribution is 6.16. The summed E-state index contributed by atoms with van der Waals surface area (Å²) in [6.45, 7) is 6.30. The Morgan fingerprint density at radius 2 is 2.03 bits per heavy atom. The van der Waals surface area contributed by atoms with Crippen LogP contribution in [0.25, 0.3) is 11.0 Å². The van der Waals surface area contributed by atoms with Crippen LogP contribution in [-0.2, 0) is 4.79 Å². The number of Topliss-reactive ketones (excluding diaryl/α,β-unsaturated/α-hetero) is 1. The first-order valence-electron chi connectivity index (χ1n) is 10.2. The van der Waals surface area contributed by atoms with Crippen molar-refractivity contribution in [2.45, 2.75) is 19.4 Å². The van der Waals surface area contributed by atoms with Crippen molar-refractivity contribution in [2.75, 3.05) is 13.2 Å². The van der Waals surface area contributed by atoms with Gasteiger partial charge in [0.25, 0.3) is 5.91 Å². The first kappa shape index (κ1) is 20.5. The number of hydrogen-bond donors (Lipinski definition) is 1. The number of amides is 1. The Balaban J connectivity index is 1.79. The van der Waals surface area contributed by atoms with Crippen LogP contribution in [0.3, 0.4) is 0 Å². The van der Waals surface area contributed by atoms with Crippen LogP contribution in [0.1, 0.15) is 35.5 Å². The van der Waals surface area contributed by atoms with Crippen LogP contribution in [0.5, 0.6) is 5.75 Å². The third kappa shape index (κ3) is 3.72. The molecule has 158 valence electrons. The number of nitrogens with zero attached hydrogens (tertiary/aromatic N) is 1. The number of benzene rings is 2. The fourth-order valence-electron chi connectivity index (χ4n) is 3.86. The summed E-state index contributed by atoms with van der Waals surface area (Å²) in [5, 5.41) is 11.5. The van der Waals surface area contributed by atoms with E-state index < -0.39 is 23.5 Å². The minimum atomic E-state index is -0.736. The predicted molar refractivity (Wildman–Crippen MR) is 117 cm³/mol. The number of furan rings is 1. The van der Waals surface area contributed by atoms with Crippen LogP contribution in [-0.4, -0.2) is 34.8 Å². The molecule has 1 unspecified atom stereocenters. The van der Waals surface area contributed by atoms with Gasteiger partial charge in [-0.1, -0.05) is 49.9 Å². The number of aliphatic hydroxyl groups is 1. The molecule has 0 fully saturated rings. The lowest BCUT2D eigenvalue weighted by Gasteiger charge is -2.26. The van der Waals surface area contributed by atoms with E-state index >= 15 is 0 Å². The Morgan fingerprint density at radius 3 is 2.77 bits per heavy atom. The van der Waals surface area contributed by atoms with Gasteiger partial charge in [-0.15, -0.1) is 0 Å². The van der Waals surface area contributed by atoms with Crippen molar-refractivity contribution in [1.82, 2.24) is 4.90 Å². The zero-order chi connectivity index (χ0) is 22.0. The molecule has 0 aliphatic carbocycles. The fraction of sp³-hybridized carbons (Fsp3) is 0.200. The zero-order valence-electron chi connectivity index (χ0n) is 17.2. The minimum absolute atomic E-state index is 0.0124. The molecule has 6 heteroatoms. The lowest BCUT2D eigenvalue weighted by Crippen LogP contribution is -2.31. The molecule has 2 aromatic carbocycles. The van der Waals surface area contributed by atoms with Gasteiger partial charge in [0.2, 0.25) is 5.78 Å². The van der Waals surface area contributed by atoms with E-state index in [1.54, 1.807) is 36.4 Å². The number of para-hydroxylation sites is 1. The average Bonchev–Trinajstić information content (AvgIpc) is 3.32. The van der Waals surface area contributed by atoms with Gasteiger partial charge in [0.05, 0.1) is 11.6 Å². The van der Waals surface area contributed by atoms with Crippen LogP contribution < -0.4 is 4.74 Å². The molecule has 4 rings (SSSR count).